The van der Waals surface area contributed by atoms with Gasteiger partial charge < -0.3 is 10.3 Å². The minimum absolute atomic E-state index is 0.0265. The maximum atomic E-state index is 6.05. The standard InChI is InChI=1S/C15H19N5S/c1-9(16)12-3-2-8-17-14(12)21-15-19-18-13(10-4-5-10)20(15)11-6-7-11/h2-3,8-11H,4-7,16H2,1H3/t9-/m1/s1. The number of hydrogen-bond acceptors (Lipinski definition) is 5. The minimum atomic E-state index is -0.0265. The zero-order valence-corrected chi connectivity index (χ0v) is 12.9. The SMILES string of the molecule is C[C@@H](N)c1cccnc1Sc1nnc(C2CC2)n1C1CC1. The van der Waals surface area contributed by atoms with E-state index in [0.717, 1.165) is 15.7 Å². The number of nitrogens with two attached hydrogens (primary N) is 1. The zero-order chi connectivity index (χ0) is 14.4. The monoisotopic (exact) mass is 301 g/mol. The fraction of sp³-hybridized carbons (Fsp3) is 0.533. The quantitative estimate of drug-likeness (QED) is 0.919. The second kappa shape index (κ2) is 5.10. The van der Waals surface area contributed by atoms with Crippen molar-refractivity contribution in [3.63, 3.8) is 0 Å². The molecular formula is C15H19N5S. The zero-order valence-electron chi connectivity index (χ0n) is 12.1. The molecule has 21 heavy (non-hydrogen) atoms. The molecule has 2 aromatic heterocycles. The highest BCUT2D eigenvalue weighted by Gasteiger charge is 2.36. The van der Waals surface area contributed by atoms with Crippen LogP contribution in [0.2, 0.25) is 0 Å². The van der Waals surface area contributed by atoms with Gasteiger partial charge in [-0.05, 0) is 50.4 Å². The summed E-state index contributed by atoms with van der Waals surface area (Å²) in [5.74, 6) is 1.81. The second-order valence-electron chi connectivity index (χ2n) is 6.00. The number of hydrogen-bond donors (Lipinski definition) is 1. The Morgan fingerprint density at radius 1 is 1.29 bits per heavy atom. The Bertz CT molecular complexity index is 658. The molecule has 2 fully saturated rings. The molecular weight excluding hydrogens is 282 g/mol. The summed E-state index contributed by atoms with van der Waals surface area (Å²) in [7, 11) is 0. The van der Waals surface area contributed by atoms with Gasteiger partial charge in [-0.2, -0.15) is 0 Å². The Kier molecular flexibility index (Phi) is 3.23. The first-order valence-corrected chi connectivity index (χ1v) is 8.39. The van der Waals surface area contributed by atoms with Crippen LogP contribution in [0.3, 0.4) is 0 Å². The van der Waals surface area contributed by atoms with Gasteiger partial charge in [0.2, 0.25) is 0 Å². The fourth-order valence-corrected chi connectivity index (χ4v) is 3.66. The largest absolute Gasteiger partial charge is 0.324 e. The third kappa shape index (κ3) is 2.58. The van der Waals surface area contributed by atoms with Crippen LogP contribution in [-0.2, 0) is 0 Å². The Morgan fingerprint density at radius 2 is 2.10 bits per heavy atom. The van der Waals surface area contributed by atoms with E-state index in [1.54, 1.807) is 11.8 Å². The lowest BCUT2D eigenvalue weighted by Crippen LogP contribution is -2.08. The maximum Gasteiger partial charge on any atom is 0.197 e. The Balaban J connectivity index is 1.68. The van der Waals surface area contributed by atoms with Crippen LogP contribution in [0.4, 0.5) is 0 Å². The number of pyridine rings is 1. The lowest BCUT2D eigenvalue weighted by molar-refractivity contribution is 0.626. The van der Waals surface area contributed by atoms with Gasteiger partial charge in [-0.3, -0.25) is 0 Å². The summed E-state index contributed by atoms with van der Waals surface area (Å²) in [5.41, 5.74) is 7.12. The fourth-order valence-electron chi connectivity index (χ4n) is 2.58. The number of aromatic nitrogens is 4. The van der Waals surface area contributed by atoms with Crippen molar-refractivity contribution in [3.05, 3.63) is 29.7 Å². The van der Waals surface area contributed by atoms with E-state index in [2.05, 4.69) is 19.7 Å². The maximum absolute atomic E-state index is 6.05. The normalized spacial score (nSPS) is 19.7. The van der Waals surface area contributed by atoms with Crippen molar-refractivity contribution in [3.8, 4) is 0 Å². The van der Waals surface area contributed by atoms with Gasteiger partial charge in [0.05, 0.1) is 0 Å². The second-order valence-corrected chi connectivity index (χ2v) is 6.96. The van der Waals surface area contributed by atoms with Crippen LogP contribution in [-0.4, -0.2) is 19.7 Å². The molecule has 2 aliphatic rings. The van der Waals surface area contributed by atoms with Gasteiger partial charge in [-0.15, -0.1) is 10.2 Å². The summed E-state index contributed by atoms with van der Waals surface area (Å²) in [6.07, 6.45) is 6.81. The molecule has 2 aromatic rings. The molecule has 5 nitrogen and oxygen atoms in total. The van der Waals surface area contributed by atoms with Gasteiger partial charge in [0.1, 0.15) is 10.9 Å². The van der Waals surface area contributed by atoms with Crippen LogP contribution < -0.4 is 5.73 Å². The Morgan fingerprint density at radius 3 is 2.76 bits per heavy atom. The summed E-state index contributed by atoms with van der Waals surface area (Å²) in [4.78, 5) is 4.49. The molecule has 1 atom stereocenters. The van der Waals surface area contributed by atoms with Gasteiger partial charge in [0.15, 0.2) is 5.16 Å². The molecule has 0 saturated heterocycles. The molecule has 0 aliphatic heterocycles. The summed E-state index contributed by atoms with van der Waals surface area (Å²) < 4.78 is 2.35. The molecule has 6 heteroatoms. The average molecular weight is 301 g/mol. The van der Waals surface area contributed by atoms with Crippen molar-refractivity contribution in [2.45, 2.75) is 60.8 Å². The summed E-state index contributed by atoms with van der Waals surface area (Å²) >= 11 is 1.60. The molecule has 0 unspecified atom stereocenters. The van der Waals surface area contributed by atoms with Crippen molar-refractivity contribution in [2.24, 2.45) is 5.73 Å². The lowest BCUT2D eigenvalue weighted by Gasteiger charge is -2.12. The third-order valence-corrected chi connectivity index (χ3v) is 5.02. The number of rotatable bonds is 5. The number of nitrogens with zero attached hydrogens (tertiary/aromatic N) is 4. The van der Waals surface area contributed by atoms with Crippen molar-refractivity contribution < 1.29 is 0 Å². The average Bonchev–Trinajstić information content (AvgIpc) is 3.39. The van der Waals surface area contributed by atoms with Crippen molar-refractivity contribution in [2.75, 3.05) is 0 Å². The molecule has 0 radical (unpaired) electrons. The van der Waals surface area contributed by atoms with Crippen LogP contribution in [0.1, 0.15) is 62.0 Å². The molecule has 2 saturated carbocycles. The van der Waals surface area contributed by atoms with E-state index in [-0.39, 0.29) is 6.04 Å². The van der Waals surface area contributed by atoms with E-state index < -0.39 is 0 Å². The first kappa shape index (κ1) is 13.3. The smallest absolute Gasteiger partial charge is 0.197 e. The van der Waals surface area contributed by atoms with Crippen LogP contribution in [0, 0.1) is 0 Å². The van der Waals surface area contributed by atoms with Crippen LogP contribution in [0.5, 0.6) is 0 Å². The molecule has 110 valence electrons. The predicted octanol–water partition coefficient (Wildman–Crippen LogP) is 3.06. The highest BCUT2D eigenvalue weighted by molar-refractivity contribution is 7.99. The van der Waals surface area contributed by atoms with Crippen molar-refractivity contribution >= 4 is 11.8 Å². The van der Waals surface area contributed by atoms with Crippen LogP contribution in [0.15, 0.2) is 28.5 Å². The van der Waals surface area contributed by atoms with E-state index in [4.69, 9.17) is 5.73 Å². The van der Waals surface area contributed by atoms with Gasteiger partial charge in [-0.25, -0.2) is 4.98 Å². The van der Waals surface area contributed by atoms with Crippen molar-refractivity contribution in [1.82, 2.24) is 19.7 Å². The van der Waals surface area contributed by atoms with Gasteiger partial charge in [-0.1, -0.05) is 6.07 Å². The van der Waals surface area contributed by atoms with E-state index in [0.29, 0.717) is 12.0 Å². The molecule has 0 amide bonds. The summed E-state index contributed by atoms with van der Waals surface area (Å²) in [6.45, 7) is 1.99. The Hall–Kier alpha value is -1.40. The molecule has 0 bridgehead atoms. The molecule has 2 N–H and O–H groups in total. The van der Waals surface area contributed by atoms with Gasteiger partial charge in [0, 0.05) is 29.8 Å². The van der Waals surface area contributed by atoms with E-state index >= 15 is 0 Å². The first-order valence-electron chi connectivity index (χ1n) is 7.57. The molecule has 0 spiro atoms. The van der Waals surface area contributed by atoms with Gasteiger partial charge in [0.25, 0.3) is 0 Å². The molecule has 4 rings (SSSR count). The molecule has 2 heterocycles. The van der Waals surface area contributed by atoms with Crippen LogP contribution >= 0.6 is 11.8 Å². The summed E-state index contributed by atoms with van der Waals surface area (Å²) in [6, 6.07) is 4.55. The highest BCUT2D eigenvalue weighted by Crippen LogP contribution is 2.46. The lowest BCUT2D eigenvalue weighted by atomic mass is 10.2. The Labute approximate surface area is 128 Å². The predicted molar refractivity (Wildman–Crippen MR) is 81.2 cm³/mol. The third-order valence-electron chi connectivity index (χ3n) is 4.02. The van der Waals surface area contributed by atoms with Crippen LogP contribution in [0.25, 0.3) is 0 Å². The minimum Gasteiger partial charge on any atom is -0.324 e. The van der Waals surface area contributed by atoms with E-state index in [9.17, 15) is 0 Å². The van der Waals surface area contributed by atoms with E-state index in [1.807, 2.05) is 25.3 Å². The van der Waals surface area contributed by atoms with Crippen molar-refractivity contribution in [1.29, 1.82) is 0 Å². The van der Waals surface area contributed by atoms with E-state index in [1.165, 1.54) is 31.5 Å². The topological polar surface area (TPSA) is 69.6 Å². The first-order chi connectivity index (χ1) is 10.2. The molecule has 0 aromatic carbocycles. The highest BCUT2D eigenvalue weighted by atomic mass is 32.2. The summed E-state index contributed by atoms with van der Waals surface area (Å²) in [5, 5.41) is 10.8. The van der Waals surface area contributed by atoms with Gasteiger partial charge >= 0.3 is 0 Å². The molecule has 2 aliphatic carbocycles.